The van der Waals surface area contributed by atoms with Gasteiger partial charge in [-0.05, 0) is 12.1 Å². The van der Waals surface area contributed by atoms with Gasteiger partial charge in [0.1, 0.15) is 0 Å². The third-order valence-corrected chi connectivity index (χ3v) is 3.12. The number of esters is 1. The average Bonchev–Trinajstić information content (AvgIpc) is 2.46. The lowest BCUT2D eigenvalue weighted by atomic mass is 10.1. The molecule has 1 aromatic carbocycles. The Morgan fingerprint density at radius 1 is 1.56 bits per heavy atom. The number of nitrogens with two attached hydrogens (primary N) is 1. The zero-order valence-electron chi connectivity index (χ0n) is 10.5. The van der Waals surface area contributed by atoms with Gasteiger partial charge < -0.3 is 20.1 Å². The van der Waals surface area contributed by atoms with Crippen LogP contribution in [-0.2, 0) is 9.47 Å². The summed E-state index contributed by atoms with van der Waals surface area (Å²) < 4.78 is 10.2. The molecule has 1 unspecified atom stereocenters. The molecule has 0 radical (unpaired) electrons. The first-order valence-electron chi connectivity index (χ1n) is 5.99. The van der Waals surface area contributed by atoms with Crippen molar-refractivity contribution in [3.05, 3.63) is 29.8 Å². The number of hydrogen-bond donors (Lipinski definition) is 1. The molecule has 98 valence electrons. The maximum absolute atomic E-state index is 11.8. The predicted molar refractivity (Wildman–Crippen MR) is 68.8 cm³/mol. The van der Waals surface area contributed by atoms with Crippen LogP contribution in [0.5, 0.6) is 0 Å². The molecule has 1 saturated heterocycles. The van der Waals surface area contributed by atoms with Gasteiger partial charge in [0.2, 0.25) is 0 Å². The molecule has 1 atom stereocenters. The molecule has 1 aliphatic heterocycles. The van der Waals surface area contributed by atoms with Crippen molar-refractivity contribution in [1.82, 2.24) is 0 Å². The summed E-state index contributed by atoms with van der Waals surface area (Å²) in [6, 6.07) is 7.52. The van der Waals surface area contributed by atoms with E-state index in [-0.39, 0.29) is 12.0 Å². The van der Waals surface area contributed by atoms with E-state index in [1.54, 1.807) is 6.07 Å². The van der Waals surface area contributed by atoms with E-state index in [1.807, 2.05) is 18.2 Å². The van der Waals surface area contributed by atoms with Gasteiger partial charge in [-0.1, -0.05) is 12.1 Å². The van der Waals surface area contributed by atoms with Crippen molar-refractivity contribution < 1.29 is 14.3 Å². The van der Waals surface area contributed by atoms with Crippen LogP contribution < -0.4 is 10.6 Å². The van der Waals surface area contributed by atoms with Gasteiger partial charge in [-0.2, -0.15) is 0 Å². The average molecular weight is 250 g/mol. The highest BCUT2D eigenvalue weighted by molar-refractivity contribution is 5.95. The molecule has 0 spiro atoms. The van der Waals surface area contributed by atoms with Gasteiger partial charge in [0.25, 0.3) is 0 Å². The molecule has 0 saturated carbocycles. The summed E-state index contributed by atoms with van der Waals surface area (Å²) in [6.45, 7) is 2.46. The van der Waals surface area contributed by atoms with Crippen LogP contribution in [0.15, 0.2) is 24.3 Å². The first-order chi connectivity index (χ1) is 8.77. The fourth-order valence-corrected chi connectivity index (χ4v) is 2.17. The second kappa shape index (κ2) is 5.84. The lowest BCUT2D eigenvalue weighted by Gasteiger charge is -2.37. The van der Waals surface area contributed by atoms with Crippen LogP contribution in [0.1, 0.15) is 10.4 Å². The molecule has 1 heterocycles. The Morgan fingerprint density at radius 3 is 3.06 bits per heavy atom. The molecule has 5 heteroatoms. The van der Waals surface area contributed by atoms with Crippen LogP contribution in [0.4, 0.5) is 5.69 Å². The first-order valence-corrected chi connectivity index (χ1v) is 5.99. The minimum Gasteiger partial charge on any atom is -0.465 e. The van der Waals surface area contributed by atoms with Crippen LogP contribution in [0.2, 0.25) is 0 Å². The summed E-state index contributed by atoms with van der Waals surface area (Å²) in [5.41, 5.74) is 7.19. The zero-order chi connectivity index (χ0) is 13.0. The van der Waals surface area contributed by atoms with E-state index < -0.39 is 0 Å². The SMILES string of the molecule is COC(=O)c1ccccc1N1CCOCC1CN. The molecule has 0 aromatic heterocycles. The lowest BCUT2D eigenvalue weighted by Crippen LogP contribution is -2.50. The monoisotopic (exact) mass is 250 g/mol. The van der Waals surface area contributed by atoms with E-state index in [0.29, 0.717) is 25.3 Å². The number of carbonyl (C=O) groups is 1. The highest BCUT2D eigenvalue weighted by Gasteiger charge is 2.25. The van der Waals surface area contributed by atoms with Crippen molar-refractivity contribution in [3.63, 3.8) is 0 Å². The molecule has 2 rings (SSSR count). The van der Waals surface area contributed by atoms with Gasteiger partial charge in [-0.25, -0.2) is 4.79 Å². The smallest absolute Gasteiger partial charge is 0.339 e. The second-order valence-corrected chi connectivity index (χ2v) is 4.17. The van der Waals surface area contributed by atoms with Crippen LogP contribution in [-0.4, -0.2) is 45.4 Å². The molecule has 0 aliphatic carbocycles. The molecule has 1 aromatic rings. The van der Waals surface area contributed by atoms with Gasteiger partial charge in [0.05, 0.1) is 37.6 Å². The van der Waals surface area contributed by atoms with Gasteiger partial charge in [-0.15, -0.1) is 0 Å². The third kappa shape index (κ3) is 2.47. The fraction of sp³-hybridized carbons (Fsp3) is 0.462. The van der Waals surface area contributed by atoms with Gasteiger partial charge >= 0.3 is 5.97 Å². The number of morpholine rings is 1. The second-order valence-electron chi connectivity index (χ2n) is 4.17. The van der Waals surface area contributed by atoms with Gasteiger partial charge in [0.15, 0.2) is 0 Å². The third-order valence-electron chi connectivity index (χ3n) is 3.12. The number of anilines is 1. The number of para-hydroxylation sites is 1. The van der Waals surface area contributed by atoms with E-state index in [0.717, 1.165) is 12.2 Å². The number of methoxy groups -OCH3 is 1. The summed E-state index contributed by atoms with van der Waals surface area (Å²) >= 11 is 0. The lowest BCUT2D eigenvalue weighted by molar-refractivity contribution is 0.0599. The van der Waals surface area contributed by atoms with Crippen molar-refractivity contribution in [2.24, 2.45) is 5.73 Å². The van der Waals surface area contributed by atoms with E-state index in [9.17, 15) is 4.79 Å². The topological polar surface area (TPSA) is 64.8 Å². The maximum Gasteiger partial charge on any atom is 0.339 e. The molecule has 2 N–H and O–H groups in total. The standard InChI is InChI=1S/C13H18N2O3/c1-17-13(16)11-4-2-3-5-12(11)15-6-7-18-9-10(15)8-14/h2-5,10H,6-9,14H2,1H3. The van der Waals surface area contributed by atoms with Crippen molar-refractivity contribution in [2.45, 2.75) is 6.04 Å². The summed E-state index contributed by atoms with van der Waals surface area (Å²) in [5.74, 6) is -0.326. The first kappa shape index (κ1) is 12.9. The Morgan fingerprint density at radius 2 is 2.33 bits per heavy atom. The highest BCUT2D eigenvalue weighted by atomic mass is 16.5. The zero-order valence-corrected chi connectivity index (χ0v) is 10.5. The van der Waals surface area contributed by atoms with Crippen LogP contribution in [0.25, 0.3) is 0 Å². The molecule has 0 amide bonds. The summed E-state index contributed by atoms with van der Waals surface area (Å²) in [6.07, 6.45) is 0. The predicted octanol–water partition coefficient (Wildman–Crippen LogP) is 0.637. The van der Waals surface area contributed by atoms with Crippen molar-refractivity contribution in [2.75, 3.05) is 38.3 Å². The number of ether oxygens (including phenoxy) is 2. The minimum atomic E-state index is -0.326. The maximum atomic E-state index is 11.8. The largest absolute Gasteiger partial charge is 0.465 e. The molecule has 18 heavy (non-hydrogen) atoms. The van der Waals surface area contributed by atoms with E-state index >= 15 is 0 Å². The molecule has 1 fully saturated rings. The minimum absolute atomic E-state index is 0.101. The highest BCUT2D eigenvalue weighted by Crippen LogP contribution is 2.24. The van der Waals surface area contributed by atoms with E-state index in [4.69, 9.17) is 15.2 Å². The van der Waals surface area contributed by atoms with Crippen LogP contribution in [0.3, 0.4) is 0 Å². The summed E-state index contributed by atoms with van der Waals surface area (Å²) in [7, 11) is 1.39. The normalized spacial score (nSPS) is 19.7. The number of carbonyl (C=O) groups excluding carboxylic acids is 1. The Labute approximate surface area is 106 Å². The fourth-order valence-electron chi connectivity index (χ4n) is 2.17. The van der Waals surface area contributed by atoms with Crippen molar-refractivity contribution in [3.8, 4) is 0 Å². The molecule has 5 nitrogen and oxygen atoms in total. The van der Waals surface area contributed by atoms with Crippen molar-refractivity contribution >= 4 is 11.7 Å². The van der Waals surface area contributed by atoms with Gasteiger partial charge in [0, 0.05) is 13.1 Å². The van der Waals surface area contributed by atoms with E-state index in [1.165, 1.54) is 7.11 Å². The Bertz CT molecular complexity index is 422. The number of nitrogens with zero attached hydrogens (tertiary/aromatic N) is 1. The molecular weight excluding hydrogens is 232 g/mol. The Hall–Kier alpha value is -1.59. The molecule has 0 bridgehead atoms. The van der Waals surface area contributed by atoms with Crippen molar-refractivity contribution in [1.29, 1.82) is 0 Å². The number of benzene rings is 1. The Kier molecular flexibility index (Phi) is 4.17. The van der Waals surface area contributed by atoms with Gasteiger partial charge in [-0.3, -0.25) is 0 Å². The summed E-state index contributed by atoms with van der Waals surface area (Å²) in [5, 5.41) is 0. The number of hydrogen-bond acceptors (Lipinski definition) is 5. The quantitative estimate of drug-likeness (QED) is 0.797. The molecular formula is C13H18N2O3. The Balaban J connectivity index is 2.33. The van der Waals surface area contributed by atoms with E-state index in [2.05, 4.69) is 4.90 Å². The van der Waals surface area contributed by atoms with Crippen LogP contribution in [0, 0.1) is 0 Å². The molecule has 1 aliphatic rings. The van der Waals surface area contributed by atoms with Crippen LogP contribution >= 0.6 is 0 Å². The summed E-state index contributed by atoms with van der Waals surface area (Å²) in [4.78, 5) is 13.9. The number of rotatable bonds is 3.